The predicted octanol–water partition coefficient (Wildman–Crippen LogP) is 5.04. The van der Waals surface area contributed by atoms with E-state index in [9.17, 15) is 13.6 Å². The first-order valence-corrected chi connectivity index (χ1v) is 9.87. The lowest BCUT2D eigenvalue weighted by Crippen LogP contribution is -2.06. The summed E-state index contributed by atoms with van der Waals surface area (Å²) in [5, 5.41) is 14.1. The van der Waals surface area contributed by atoms with Crippen LogP contribution in [0, 0.1) is 11.6 Å². The Hall–Kier alpha value is -3.94. The van der Waals surface area contributed by atoms with Crippen LogP contribution in [0.3, 0.4) is 0 Å². The molecule has 0 atom stereocenters. The van der Waals surface area contributed by atoms with Crippen molar-refractivity contribution in [2.45, 2.75) is 19.6 Å². The molecule has 1 aromatic heterocycles. The second-order valence-electron chi connectivity index (χ2n) is 7.18. The Labute approximate surface area is 182 Å². The zero-order valence-electron chi connectivity index (χ0n) is 17.2. The molecule has 1 N–H and O–H groups in total. The third-order valence-corrected chi connectivity index (χ3v) is 5.06. The number of carbonyl (C=O) groups is 1. The molecule has 0 unspecified atom stereocenters. The first-order chi connectivity index (χ1) is 15.4. The molecule has 0 fully saturated rings. The summed E-state index contributed by atoms with van der Waals surface area (Å²) in [5.74, 6) is -1.94. The van der Waals surface area contributed by atoms with Crippen LogP contribution in [0.15, 0.2) is 60.8 Å². The number of rotatable bonds is 8. The quantitative estimate of drug-likeness (QED) is 0.417. The van der Waals surface area contributed by atoms with Gasteiger partial charge in [0.25, 0.3) is 0 Å². The standard InChI is InChI=1S/C24H20F2N2O4/c1-31-23-12-21(26)20(25)11-19(23)16-4-6-18(7-5-16)32-14-15-2-3-17-13-27-28(22(17)10-15)9-8-24(29)30/h2-7,10-13H,8-9,14H2,1H3,(H,29,30). The van der Waals surface area contributed by atoms with Crippen LogP contribution in [0.4, 0.5) is 8.78 Å². The van der Waals surface area contributed by atoms with Gasteiger partial charge in [-0.05, 0) is 35.4 Å². The average molecular weight is 438 g/mol. The zero-order valence-corrected chi connectivity index (χ0v) is 17.2. The first kappa shape index (κ1) is 21.3. The molecular formula is C24H20F2N2O4. The second kappa shape index (κ2) is 9.05. The second-order valence-corrected chi connectivity index (χ2v) is 7.18. The van der Waals surface area contributed by atoms with Crippen molar-refractivity contribution in [3.8, 4) is 22.6 Å². The Kier molecular flexibility index (Phi) is 6.02. The van der Waals surface area contributed by atoms with Crippen LogP contribution >= 0.6 is 0 Å². The Balaban J connectivity index is 1.48. The molecule has 1 heterocycles. The highest BCUT2D eigenvalue weighted by atomic mass is 19.2. The van der Waals surface area contributed by atoms with Crippen molar-refractivity contribution in [1.82, 2.24) is 9.78 Å². The molecule has 6 nitrogen and oxygen atoms in total. The minimum absolute atomic E-state index is 0.00734. The van der Waals surface area contributed by atoms with Crippen molar-refractivity contribution in [1.29, 1.82) is 0 Å². The van der Waals surface area contributed by atoms with Crippen molar-refractivity contribution < 1.29 is 28.2 Å². The lowest BCUT2D eigenvalue weighted by Gasteiger charge is -2.11. The Bertz CT molecular complexity index is 1270. The highest BCUT2D eigenvalue weighted by Crippen LogP contribution is 2.33. The van der Waals surface area contributed by atoms with E-state index in [0.29, 0.717) is 23.5 Å². The summed E-state index contributed by atoms with van der Waals surface area (Å²) in [6.07, 6.45) is 1.69. The highest BCUT2D eigenvalue weighted by molar-refractivity contribution is 5.79. The van der Waals surface area contributed by atoms with Crippen LogP contribution in [-0.4, -0.2) is 28.0 Å². The van der Waals surface area contributed by atoms with Crippen LogP contribution in [-0.2, 0) is 17.9 Å². The van der Waals surface area contributed by atoms with Gasteiger partial charge in [0.15, 0.2) is 11.6 Å². The minimum Gasteiger partial charge on any atom is -0.496 e. The fourth-order valence-corrected chi connectivity index (χ4v) is 3.41. The fraction of sp³-hybridized carbons (Fsp3) is 0.167. The SMILES string of the molecule is COc1cc(F)c(F)cc1-c1ccc(OCc2ccc3cnn(CCC(=O)O)c3c2)cc1. The Morgan fingerprint density at radius 2 is 1.81 bits per heavy atom. The molecule has 4 aromatic rings. The van der Waals surface area contributed by atoms with E-state index in [-0.39, 0.29) is 18.7 Å². The number of ether oxygens (including phenoxy) is 2. The van der Waals surface area contributed by atoms with Crippen LogP contribution in [0.2, 0.25) is 0 Å². The van der Waals surface area contributed by atoms with Crippen LogP contribution in [0.5, 0.6) is 11.5 Å². The number of carboxylic acids is 1. The van der Waals surface area contributed by atoms with Gasteiger partial charge < -0.3 is 14.6 Å². The van der Waals surface area contributed by atoms with Gasteiger partial charge in [0, 0.05) is 17.0 Å². The third-order valence-electron chi connectivity index (χ3n) is 5.06. The van der Waals surface area contributed by atoms with E-state index in [4.69, 9.17) is 14.6 Å². The number of aryl methyl sites for hydroxylation is 1. The molecule has 0 aliphatic carbocycles. The lowest BCUT2D eigenvalue weighted by molar-refractivity contribution is -0.137. The summed E-state index contributed by atoms with van der Waals surface area (Å²) in [4.78, 5) is 10.8. The van der Waals surface area contributed by atoms with E-state index < -0.39 is 17.6 Å². The maximum absolute atomic E-state index is 13.7. The highest BCUT2D eigenvalue weighted by Gasteiger charge is 2.12. The maximum atomic E-state index is 13.7. The molecule has 0 aliphatic heterocycles. The molecule has 0 aliphatic rings. The summed E-state index contributed by atoms with van der Waals surface area (Å²) in [7, 11) is 1.40. The van der Waals surface area contributed by atoms with Crippen molar-refractivity contribution in [2.24, 2.45) is 0 Å². The molecule has 0 bridgehead atoms. The summed E-state index contributed by atoms with van der Waals surface area (Å²) in [5.41, 5.74) is 2.85. The molecule has 32 heavy (non-hydrogen) atoms. The van der Waals surface area contributed by atoms with Crippen LogP contribution in [0.25, 0.3) is 22.0 Å². The number of hydrogen-bond acceptors (Lipinski definition) is 4. The number of aromatic nitrogens is 2. The molecule has 0 spiro atoms. The summed E-state index contributed by atoms with van der Waals surface area (Å²) < 4.78 is 39.8. The van der Waals surface area contributed by atoms with Crippen LogP contribution < -0.4 is 9.47 Å². The van der Waals surface area contributed by atoms with Crippen molar-refractivity contribution in [3.63, 3.8) is 0 Å². The topological polar surface area (TPSA) is 73.6 Å². The van der Waals surface area contributed by atoms with Gasteiger partial charge in [-0.3, -0.25) is 9.48 Å². The monoisotopic (exact) mass is 438 g/mol. The van der Waals surface area contributed by atoms with Gasteiger partial charge in [-0.15, -0.1) is 0 Å². The van der Waals surface area contributed by atoms with Crippen molar-refractivity contribution in [3.05, 3.63) is 78.0 Å². The smallest absolute Gasteiger partial charge is 0.305 e. The minimum atomic E-state index is -0.966. The van der Waals surface area contributed by atoms with E-state index >= 15 is 0 Å². The molecular weight excluding hydrogens is 418 g/mol. The van der Waals surface area contributed by atoms with Crippen molar-refractivity contribution in [2.75, 3.05) is 7.11 Å². The van der Waals surface area contributed by atoms with Gasteiger partial charge in [0.1, 0.15) is 18.1 Å². The molecule has 164 valence electrons. The number of nitrogens with zero attached hydrogens (tertiary/aromatic N) is 2. The first-order valence-electron chi connectivity index (χ1n) is 9.87. The number of carboxylic acid groups (broad SMARTS) is 1. The summed E-state index contributed by atoms with van der Waals surface area (Å²) in [6.45, 7) is 0.589. The maximum Gasteiger partial charge on any atom is 0.305 e. The summed E-state index contributed by atoms with van der Waals surface area (Å²) >= 11 is 0. The number of hydrogen-bond donors (Lipinski definition) is 1. The van der Waals surface area contributed by atoms with Gasteiger partial charge >= 0.3 is 5.97 Å². The third kappa shape index (κ3) is 4.54. The number of aliphatic carboxylic acids is 1. The summed E-state index contributed by atoms with van der Waals surface area (Å²) in [6, 6.07) is 14.9. The van der Waals surface area contributed by atoms with Crippen LogP contribution in [0.1, 0.15) is 12.0 Å². The molecule has 0 radical (unpaired) electrons. The number of benzene rings is 3. The number of fused-ring (bicyclic) bond motifs is 1. The average Bonchev–Trinajstić information content (AvgIpc) is 3.20. The van der Waals surface area contributed by atoms with Gasteiger partial charge in [-0.1, -0.05) is 24.3 Å². The van der Waals surface area contributed by atoms with Gasteiger partial charge in [-0.25, -0.2) is 8.78 Å². The normalized spacial score (nSPS) is 11.0. The fourth-order valence-electron chi connectivity index (χ4n) is 3.41. The Morgan fingerprint density at radius 1 is 1.06 bits per heavy atom. The molecule has 4 rings (SSSR count). The predicted molar refractivity (Wildman–Crippen MR) is 115 cm³/mol. The van der Waals surface area contributed by atoms with Gasteiger partial charge in [0.2, 0.25) is 0 Å². The van der Waals surface area contributed by atoms with Crippen molar-refractivity contribution >= 4 is 16.9 Å². The molecule has 0 saturated carbocycles. The van der Waals surface area contributed by atoms with Gasteiger partial charge in [-0.2, -0.15) is 5.10 Å². The van der Waals surface area contributed by atoms with E-state index in [1.54, 1.807) is 35.1 Å². The molecule has 8 heteroatoms. The largest absolute Gasteiger partial charge is 0.496 e. The number of halogens is 2. The van der Waals surface area contributed by atoms with E-state index in [2.05, 4.69) is 5.10 Å². The van der Waals surface area contributed by atoms with E-state index in [0.717, 1.165) is 28.6 Å². The van der Waals surface area contributed by atoms with E-state index in [1.165, 1.54) is 7.11 Å². The lowest BCUT2D eigenvalue weighted by atomic mass is 10.0. The molecule has 0 saturated heterocycles. The number of methoxy groups -OCH3 is 1. The Morgan fingerprint density at radius 3 is 2.53 bits per heavy atom. The zero-order chi connectivity index (χ0) is 22.7. The van der Waals surface area contributed by atoms with E-state index in [1.807, 2.05) is 18.2 Å². The van der Waals surface area contributed by atoms with Gasteiger partial charge in [0.05, 0.1) is 31.8 Å². The molecule has 3 aromatic carbocycles. The molecule has 0 amide bonds.